The van der Waals surface area contributed by atoms with Crippen LogP contribution in [-0.4, -0.2) is 93.4 Å². The Bertz CT molecular complexity index is 1420. The molecule has 14 atom stereocenters. The van der Waals surface area contributed by atoms with Gasteiger partial charge in [0.25, 0.3) is 0 Å². The Labute approximate surface area is 301 Å². The molecule has 6 aliphatic rings. The molecule has 1 aliphatic heterocycles. The second-order valence-electron chi connectivity index (χ2n) is 18.7. The number of hydrogen-bond donors (Lipinski definition) is 5. The second-order valence-corrected chi connectivity index (χ2v) is 19.9. The van der Waals surface area contributed by atoms with Gasteiger partial charge in [0.1, 0.15) is 23.7 Å². The van der Waals surface area contributed by atoms with Gasteiger partial charge in [0.15, 0.2) is 11.9 Å². The number of carboxylic acids is 1. The van der Waals surface area contributed by atoms with Crippen LogP contribution in [0.3, 0.4) is 0 Å². The molecule has 0 spiro atoms. The third kappa shape index (κ3) is 5.57. The van der Waals surface area contributed by atoms with E-state index < -0.39 is 47.2 Å². The Hall–Kier alpha value is -1.50. The van der Waals surface area contributed by atoms with E-state index in [4.69, 9.17) is 9.47 Å². The fraction of sp³-hybridized carbons (Fsp3) is 0.872. The first-order valence-electron chi connectivity index (χ1n) is 18.8. The summed E-state index contributed by atoms with van der Waals surface area (Å²) in [6, 6.07) is 0.213. The molecule has 10 nitrogen and oxygen atoms in total. The predicted molar refractivity (Wildman–Crippen MR) is 190 cm³/mol. The van der Waals surface area contributed by atoms with E-state index in [1.165, 1.54) is 24.4 Å². The molecule has 11 heteroatoms. The minimum Gasteiger partial charge on any atom is -0.481 e. The van der Waals surface area contributed by atoms with Crippen molar-refractivity contribution in [3.05, 3.63) is 11.6 Å². The first-order valence-corrected chi connectivity index (χ1v) is 19.9. The highest BCUT2D eigenvalue weighted by Gasteiger charge is 2.70. The Kier molecular flexibility index (Phi) is 9.80. The standard InChI is InChI=1S/C39H61NO9S/c1-34(2)24-9-12-39(7)30(23(41)19-21-22-20-36(4,33(46)47)14-13-35(22,3)15-16-38(21,39)6)37(24,5)11-10-25(34)40-17-18-50-32-28(44)26(42)27(43)29(49-32)31(45)48-8/h19,22,24-30,32,40,42-44H,9-18,20H2,1-8H3,(H,46,47)/t22-,24-,25-,26-,27-,28-,29+,30+,32-,35+,36-,37-,38+,39+/m0/s1. The lowest BCUT2D eigenvalue weighted by Gasteiger charge is -2.70. The van der Waals surface area contributed by atoms with Gasteiger partial charge in [-0.15, -0.1) is 11.8 Å². The highest BCUT2D eigenvalue weighted by atomic mass is 32.2. The van der Waals surface area contributed by atoms with Crippen molar-refractivity contribution >= 4 is 29.5 Å². The van der Waals surface area contributed by atoms with E-state index in [0.717, 1.165) is 44.9 Å². The van der Waals surface area contributed by atoms with Crippen LogP contribution in [0, 0.1) is 50.2 Å². The Morgan fingerprint density at radius 2 is 1.62 bits per heavy atom. The van der Waals surface area contributed by atoms with Gasteiger partial charge in [-0.05, 0) is 110 Å². The Balaban J connectivity index is 1.17. The van der Waals surface area contributed by atoms with Crippen LogP contribution in [0.4, 0.5) is 0 Å². The summed E-state index contributed by atoms with van der Waals surface area (Å²) >= 11 is 1.29. The largest absolute Gasteiger partial charge is 0.481 e. The molecule has 0 bridgehead atoms. The number of carbonyl (C=O) groups is 3. The maximum absolute atomic E-state index is 14.7. The lowest BCUT2D eigenvalue weighted by molar-refractivity contribution is -0.211. The maximum Gasteiger partial charge on any atom is 0.337 e. The molecule has 5 N–H and O–H groups in total. The number of carbonyl (C=O) groups excluding carboxylic acids is 2. The Morgan fingerprint density at radius 3 is 2.28 bits per heavy atom. The van der Waals surface area contributed by atoms with Gasteiger partial charge in [-0.25, -0.2) is 4.79 Å². The number of aliphatic hydroxyl groups is 3. The molecule has 0 unspecified atom stereocenters. The topological polar surface area (TPSA) is 163 Å². The zero-order valence-electron chi connectivity index (χ0n) is 31.3. The van der Waals surface area contributed by atoms with E-state index in [9.17, 15) is 34.8 Å². The number of thioether (sulfide) groups is 1. The number of ketones is 1. The third-order valence-corrected chi connectivity index (χ3v) is 17.1. The van der Waals surface area contributed by atoms with Crippen LogP contribution in [0.5, 0.6) is 0 Å². The summed E-state index contributed by atoms with van der Waals surface area (Å²) in [6.45, 7) is 16.7. The molecule has 6 rings (SSSR count). The van der Waals surface area contributed by atoms with E-state index in [-0.39, 0.29) is 50.7 Å². The van der Waals surface area contributed by atoms with Crippen LogP contribution in [0.1, 0.15) is 106 Å². The molecule has 4 saturated carbocycles. The summed E-state index contributed by atoms with van der Waals surface area (Å²) < 4.78 is 10.4. The summed E-state index contributed by atoms with van der Waals surface area (Å²) in [4.78, 5) is 39.2. The normalized spacial score (nSPS) is 49.8. The number of ether oxygens (including phenoxy) is 2. The number of esters is 1. The van der Waals surface area contributed by atoms with Gasteiger partial charge in [0, 0.05) is 24.3 Å². The summed E-state index contributed by atoms with van der Waals surface area (Å²) in [7, 11) is 1.18. The van der Waals surface area contributed by atoms with E-state index in [1.54, 1.807) is 0 Å². The fourth-order valence-electron chi connectivity index (χ4n) is 12.5. The van der Waals surface area contributed by atoms with Crippen LogP contribution < -0.4 is 5.32 Å². The summed E-state index contributed by atoms with van der Waals surface area (Å²) in [5.41, 5.74) is -1.01. The van der Waals surface area contributed by atoms with Crippen molar-refractivity contribution < 1.29 is 44.3 Å². The number of carboxylic acid groups (broad SMARTS) is 1. The zero-order valence-corrected chi connectivity index (χ0v) is 32.1. The molecule has 0 aromatic rings. The van der Waals surface area contributed by atoms with Crippen molar-refractivity contribution in [3.63, 3.8) is 0 Å². The fourth-order valence-corrected chi connectivity index (χ4v) is 13.5. The van der Waals surface area contributed by atoms with Crippen molar-refractivity contribution in [2.75, 3.05) is 19.4 Å². The van der Waals surface area contributed by atoms with Gasteiger partial charge < -0.3 is 35.2 Å². The SMILES string of the molecule is COC(=O)[C@@H]1O[C@@H](SCCN[C@H]2CC[C@]3(C)[C@H]4C(=O)C=C5[C@@H]6C[C@@](C)(C(=O)O)CC[C@]6(C)CC[C@@]5(C)[C@]4(C)CC[C@H]3C2(C)C)[C@@H](O)[C@@H](O)[C@@H]1O. The number of rotatable bonds is 7. The predicted octanol–water partition coefficient (Wildman–Crippen LogP) is 4.72. The number of hydrogen-bond acceptors (Lipinski definition) is 10. The van der Waals surface area contributed by atoms with Gasteiger partial charge in [-0.3, -0.25) is 9.59 Å². The van der Waals surface area contributed by atoms with Crippen molar-refractivity contribution in [1.29, 1.82) is 0 Å². The molecule has 1 saturated heterocycles. The molecule has 0 aromatic heterocycles. The number of nitrogens with one attached hydrogen (secondary N) is 1. The molecule has 282 valence electrons. The first kappa shape index (κ1) is 38.2. The van der Waals surface area contributed by atoms with Crippen LogP contribution in [0.15, 0.2) is 11.6 Å². The van der Waals surface area contributed by atoms with E-state index in [0.29, 0.717) is 31.1 Å². The Morgan fingerprint density at radius 1 is 0.940 bits per heavy atom. The number of methoxy groups -OCH3 is 1. The highest BCUT2D eigenvalue weighted by molar-refractivity contribution is 7.99. The van der Waals surface area contributed by atoms with Crippen molar-refractivity contribution in [1.82, 2.24) is 5.32 Å². The molecule has 0 radical (unpaired) electrons. The monoisotopic (exact) mass is 719 g/mol. The van der Waals surface area contributed by atoms with Crippen LogP contribution >= 0.6 is 11.8 Å². The van der Waals surface area contributed by atoms with Crippen LogP contribution in [0.25, 0.3) is 0 Å². The quantitative estimate of drug-likeness (QED) is 0.183. The van der Waals surface area contributed by atoms with E-state index in [2.05, 4.69) is 46.9 Å². The number of aliphatic hydroxyl groups excluding tert-OH is 3. The van der Waals surface area contributed by atoms with Crippen molar-refractivity contribution in [2.24, 2.45) is 50.2 Å². The third-order valence-electron chi connectivity index (χ3n) is 15.9. The second kappa shape index (κ2) is 12.8. The van der Waals surface area contributed by atoms with Crippen LogP contribution in [-0.2, 0) is 23.9 Å². The number of fused-ring (bicyclic) bond motifs is 7. The summed E-state index contributed by atoms with van der Waals surface area (Å²) in [6.07, 6.45) is 4.37. The van der Waals surface area contributed by atoms with Gasteiger partial charge >= 0.3 is 11.9 Å². The average molecular weight is 720 g/mol. The minimum atomic E-state index is -1.57. The molecule has 0 aromatic carbocycles. The van der Waals surface area contributed by atoms with Gasteiger partial charge in [-0.1, -0.05) is 47.1 Å². The average Bonchev–Trinajstić information content (AvgIpc) is 3.04. The molecule has 5 aliphatic carbocycles. The lowest BCUT2D eigenvalue weighted by Crippen LogP contribution is -2.67. The molecular weight excluding hydrogens is 658 g/mol. The summed E-state index contributed by atoms with van der Waals surface area (Å²) in [5, 5.41) is 45.0. The van der Waals surface area contributed by atoms with Crippen molar-refractivity contribution in [3.8, 4) is 0 Å². The lowest BCUT2D eigenvalue weighted by atomic mass is 9.33. The minimum absolute atomic E-state index is 0.0280. The van der Waals surface area contributed by atoms with Gasteiger partial charge in [0.05, 0.1) is 12.5 Å². The number of aliphatic carboxylic acids is 1. The smallest absolute Gasteiger partial charge is 0.337 e. The zero-order chi connectivity index (χ0) is 36.8. The molecule has 1 heterocycles. The first-order chi connectivity index (χ1) is 23.2. The maximum atomic E-state index is 14.7. The summed E-state index contributed by atoms with van der Waals surface area (Å²) in [5.74, 6) is -0.362. The van der Waals surface area contributed by atoms with Gasteiger partial charge in [-0.2, -0.15) is 0 Å². The highest BCUT2D eigenvalue weighted by Crippen LogP contribution is 2.75. The van der Waals surface area contributed by atoms with Gasteiger partial charge in [0.2, 0.25) is 0 Å². The molecule has 5 fully saturated rings. The van der Waals surface area contributed by atoms with Crippen LogP contribution in [0.2, 0.25) is 0 Å². The molecular formula is C39H61NO9S. The van der Waals surface area contributed by atoms with Crippen molar-refractivity contribution in [2.45, 2.75) is 142 Å². The number of allylic oxidation sites excluding steroid dienone is 2. The van der Waals surface area contributed by atoms with E-state index in [1.807, 2.05) is 13.0 Å². The molecule has 0 amide bonds. The molecule has 50 heavy (non-hydrogen) atoms. The van der Waals surface area contributed by atoms with E-state index >= 15 is 0 Å².